The summed E-state index contributed by atoms with van der Waals surface area (Å²) >= 11 is 0. The lowest BCUT2D eigenvalue weighted by Gasteiger charge is -2.43. The number of β-amino-alcohol motifs (C(OH)–C–C–N with tert-alkyl or cyclic N) is 1. The van der Waals surface area contributed by atoms with E-state index in [0.29, 0.717) is 18.5 Å². The van der Waals surface area contributed by atoms with Gasteiger partial charge in [0.1, 0.15) is 17.0 Å². The maximum Gasteiger partial charge on any atom is 0.415 e. The third kappa shape index (κ3) is 5.59. The van der Waals surface area contributed by atoms with Crippen molar-refractivity contribution in [2.75, 3.05) is 29.9 Å². The SMILES string of the molecule is CCCC1(CCC)OC(=O)N(CCC(C)(C)NCC(O)c2ccc(O)c3c2OCC(=O)N3)c2ccccc21. The molecule has 1 unspecified atom stereocenters. The second-order valence-corrected chi connectivity index (χ2v) is 10.8. The van der Waals surface area contributed by atoms with Gasteiger partial charge in [0.15, 0.2) is 12.4 Å². The van der Waals surface area contributed by atoms with Crippen molar-refractivity contribution in [3.05, 3.63) is 47.5 Å². The number of para-hydroxylation sites is 1. The van der Waals surface area contributed by atoms with Crippen LogP contribution in [0.15, 0.2) is 36.4 Å². The van der Waals surface area contributed by atoms with Crippen molar-refractivity contribution in [2.45, 2.75) is 77.0 Å². The minimum absolute atomic E-state index is 0.118. The number of aromatic hydroxyl groups is 1. The molecule has 4 N–H and O–H groups in total. The van der Waals surface area contributed by atoms with Gasteiger partial charge in [0.05, 0.1) is 11.8 Å². The number of cyclic esters (lactones) is 1. The number of rotatable bonds is 11. The van der Waals surface area contributed by atoms with Crippen molar-refractivity contribution in [3.8, 4) is 11.5 Å². The second kappa shape index (κ2) is 11.2. The zero-order valence-corrected chi connectivity index (χ0v) is 22.7. The molecule has 0 radical (unpaired) electrons. The lowest BCUT2D eigenvalue weighted by molar-refractivity contribution is -0.118. The van der Waals surface area contributed by atoms with Crippen LogP contribution in [-0.2, 0) is 15.1 Å². The van der Waals surface area contributed by atoms with E-state index in [-0.39, 0.29) is 42.3 Å². The van der Waals surface area contributed by atoms with Crippen molar-refractivity contribution >= 4 is 23.4 Å². The maximum absolute atomic E-state index is 13.3. The molecule has 2 aromatic rings. The number of hydrogen-bond donors (Lipinski definition) is 4. The molecule has 9 nitrogen and oxygen atoms in total. The summed E-state index contributed by atoms with van der Waals surface area (Å²) in [7, 11) is 0. The molecule has 4 rings (SSSR count). The lowest BCUT2D eigenvalue weighted by Crippen LogP contribution is -2.49. The molecule has 2 aliphatic rings. The molecule has 206 valence electrons. The number of carbonyl (C=O) groups is 2. The highest BCUT2D eigenvalue weighted by atomic mass is 16.6. The first-order valence-corrected chi connectivity index (χ1v) is 13.4. The van der Waals surface area contributed by atoms with Crippen LogP contribution in [0.1, 0.15) is 77.0 Å². The Labute approximate surface area is 224 Å². The van der Waals surface area contributed by atoms with E-state index in [0.717, 1.165) is 36.9 Å². The van der Waals surface area contributed by atoms with Gasteiger partial charge in [-0.25, -0.2) is 4.79 Å². The number of benzene rings is 2. The van der Waals surface area contributed by atoms with Crippen LogP contribution in [0.25, 0.3) is 0 Å². The van der Waals surface area contributed by atoms with Crippen LogP contribution in [0.3, 0.4) is 0 Å². The fourth-order valence-corrected chi connectivity index (χ4v) is 5.39. The first-order chi connectivity index (χ1) is 18.1. The molecular weight excluding hydrogens is 486 g/mol. The Morgan fingerprint density at radius 2 is 1.84 bits per heavy atom. The Morgan fingerprint density at radius 3 is 2.55 bits per heavy atom. The number of carbonyl (C=O) groups excluding carboxylic acids is 2. The number of amides is 2. The molecular formula is C29H39N3O6. The number of nitrogens with zero attached hydrogens (tertiary/aromatic N) is 1. The number of ether oxygens (including phenoxy) is 2. The van der Waals surface area contributed by atoms with Gasteiger partial charge in [-0.3, -0.25) is 9.69 Å². The van der Waals surface area contributed by atoms with Gasteiger partial charge in [0.2, 0.25) is 0 Å². The van der Waals surface area contributed by atoms with E-state index in [9.17, 15) is 19.8 Å². The number of aliphatic hydroxyl groups excluding tert-OH is 1. The summed E-state index contributed by atoms with van der Waals surface area (Å²) in [4.78, 5) is 26.6. The predicted molar refractivity (Wildman–Crippen MR) is 146 cm³/mol. The van der Waals surface area contributed by atoms with E-state index in [1.165, 1.54) is 6.07 Å². The normalized spacial score (nSPS) is 17.1. The Balaban J connectivity index is 1.44. The number of nitrogens with one attached hydrogen (secondary N) is 2. The van der Waals surface area contributed by atoms with Gasteiger partial charge in [-0.15, -0.1) is 0 Å². The fraction of sp³-hybridized carbons (Fsp3) is 0.517. The summed E-state index contributed by atoms with van der Waals surface area (Å²) in [6.07, 6.45) is 2.76. The molecule has 0 bridgehead atoms. The molecule has 2 amide bonds. The lowest BCUT2D eigenvalue weighted by atomic mass is 9.82. The number of anilines is 2. The standard InChI is InChI=1S/C29H39N3O6/c1-5-13-29(14-6-2)20-9-7-8-10-21(20)32(27(36)38-29)16-15-28(3,4)30-17-23(34)19-11-12-22(33)25-26(19)37-18-24(35)31-25/h7-12,23,30,33-34H,5-6,13-18H2,1-4H3,(H,31,35). The molecule has 2 aromatic carbocycles. The fourth-order valence-electron chi connectivity index (χ4n) is 5.39. The summed E-state index contributed by atoms with van der Waals surface area (Å²) in [5, 5.41) is 27.0. The third-order valence-corrected chi connectivity index (χ3v) is 7.37. The predicted octanol–water partition coefficient (Wildman–Crippen LogP) is 4.97. The summed E-state index contributed by atoms with van der Waals surface area (Å²) < 4.78 is 11.7. The average Bonchev–Trinajstić information content (AvgIpc) is 2.88. The summed E-state index contributed by atoms with van der Waals surface area (Å²) in [5.41, 5.74) is 1.59. The van der Waals surface area contributed by atoms with E-state index in [1.807, 2.05) is 32.0 Å². The summed E-state index contributed by atoms with van der Waals surface area (Å²) in [6.45, 7) is 8.73. The molecule has 2 heterocycles. The topological polar surface area (TPSA) is 120 Å². The highest BCUT2D eigenvalue weighted by molar-refractivity contribution is 5.97. The van der Waals surface area contributed by atoms with Crippen LogP contribution in [0, 0.1) is 0 Å². The van der Waals surface area contributed by atoms with E-state index >= 15 is 0 Å². The molecule has 0 spiro atoms. The van der Waals surface area contributed by atoms with Crippen LogP contribution in [0.5, 0.6) is 11.5 Å². The van der Waals surface area contributed by atoms with Crippen LogP contribution >= 0.6 is 0 Å². The largest absolute Gasteiger partial charge is 0.506 e. The smallest absolute Gasteiger partial charge is 0.415 e. The first kappa shape index (κ1) is 27.7. The van der Waals surface area contributed by atoms with Crippen LogP contribution in [0.2, 0.25) is 0 Å². The van der Waals surface area contributed by atoms with Crippen molar-refractivity contribution in [3.63, 3.8) is 0 Å². The molecule has 0 fully saturated rings. The van der Waals surface area contributed by atoms with Crippen molar-refractivity contribution in [1.82, 2.24) is 5.32 Å². The minimum Gasteiger partial charge on any atom is -0.506 e. The highest BCUT2D eigenvalue weighted by Crippen LogP contribution is 2.45. The minimum atomic E-state index is -0.942. The van der Waals surface area contributed by atoms with E-state index in [1.54, 1.807) is 11.0 Å². The molecule has 0 aliphatic carbocycles. The number of phenols is 1. The van der Waals surface area contributed by atoms with Gasteiger partial charge < -0.3 is 30.3 Å². The van der Waals surface area contributed by atoms with Crippen molar-refractivity contribution in [1.29, 1.82) is 0 Å². The second-order valence-electron chi connectivity index (χ2n) is 10.8. The maximum atomic E-state index is 13.3. The van der Waals surface area contributed by atoms with Gasteiger partial charge in [-0.1, -0.05) is 44.9 Å². The number of hydrogen-bond acceptors (Lipinski definition) is 7. The first-order valence-electron chi connectivity index (χ1n) is 13.4. The molecule has 1 atom stereocenters. The number of fused-ring (bicyclic) bond motifs is 2. The van der Waals surface area contributed by atoms with Gasteiger partial charge in [0.25, 0.3) is 5.91 Å². The van der Waals surface area contributed by atoms with Crippen molar-refractivity contribution in [2.24, 2.45) is 0 Å². The zero-order chi connectivity index (χ0) is 27.5. The van der Waals surface area contributed by atoms with Gasteiger partial charge in [-0.2, -0.15) is 0 Å². The molecule has 38 heavy (non-hydrogen) atoms. The Kier molecular flexibility index (Phi) is 8.18. The van der Waals surface area contributed by atoms with E-state index < -0.39 is 17.2 Å². The molecule has 0 aromatic heterocycles. The zero-order valence-electron chi connectivity index (χ0n) is 22.7. The molecule has 9 heteroatoms. The van der Waals surface area contributed by atoms with Crippen LogP contribution < -0.4 is 20.3 Å². The van der Waals surface area contributed by atoms with Crippen LogP contribution in [0.4, 0.5) is 16.2 Å². The van der Waals surface area contributed by atoms with Crippen molar-refractivity contribution < 1.29 is 29.3 Å². The van der Waals surface area contributed by atoms with Gasteiger partial charge >= 0.3 is 6.09 Å². The average molecular weight is 526 g/mol. The van der Waals surface area contributed by atoms with E-state index in [4.69, 9.17) is 9.47 Å². The molecule has 0 saturated heterocycles. The number of aliphatic hydroxyl groups is 1. The monoisotopic (exact) mass is 525 g/mol. The Bertz CT molecular complexity index is 1170. The summed E-state index contributed by atoms with van der Waals surface area (Å²) in [5.74, 6) is -0.210. The van der Waals surface area contributed by atoms with Gasteiger partial charge in [-0.05, 0) is 51.3 Å². The molecule has 2 aliphatic heterocycles. The quantitative estimate of drug-likeness (QED) is 0.306. The molecule has 0 saturated carbocycles. The number of phenolic OH excluding ortho intramolecular Hbond substituents is 1. The summed E-state index contributed by atoms with van der Waals surface area (Å²) in [6, 6.07) is 11.0. The van der Waals surface area contributed by atoms with E-state index in [2.05, 4.69) is 30.5 Å². The third-order valence-electron chi connectivity index (χ3n) is 7.37. The Hall–Kier alpha value is -3.30. The van der Waals surface area contributed by atoms with Gasteiger partial charge in [0, 0.05) is 29.8 Å². The van der Waals surface area contributed by atoms with Crippen LogP contribution in [-0.4, -0.2) is 47.4 Å². The Morgan fingerprint density at radius 1 is 1.13 bits per heavy atom. The highest BCUT2D eigenvalue weighted by Gasteiger charge is 2.44.